The summed E-state index contributed by atoms with van der Waals surface area (Å²) in [6, 6.07) is 10.1. The van der Waals surface area contributed by atoms with Crippen molar-refractivity contribution in [3.05, 3.63) is 52.2 Å². The quantitative estimate of drug-likeness (QED) is 0.229. The molecule has 0 aliphatic heterocycles. The maximum absolute atomic E-state index is 5.37. The maximum atomic E-state index is 5.37. The lowest BCUT2D eigenvalue weighted by Gasteiger charge is -2.13. The summed E-state index contributed by atoms with van der Waals surface area (Å²) < 4.78 is 10.6. The van der Waals surface area contributed by atoms with Gasteiger partial charge in [0.1, 0.15) is 5.75 Å². The van der Waals surface area contributed by atoms with E-state index in [-0.39, 0.29) is 24.0 Å². The monoisotopic (exact) mass is 489 g/mol. The van der Waals surface area contributed by atoms with Gasteiger partial charge in [-0.1, -0.05) is 12.1 Å². The SMILES string of the molecule is CCOCCCNC(=NCc1ccsc1)NCc1ccc(OC)cc1.I. The number of benzene rings is 1. The van der Waals surface area contributed by atoms with Gasteiger partial charge in [0.2, 0.25) is 0 Å². The third-order valence-electron chi connectivity index (χ3n) is 3.58. The van der Waals surface area contributed by atoms with E-state index in [2.05, 4.69) is 44.6 Å². The first-order chi connectivity index (χ1) is 12.3. The van der Waals surface area contributed by atoms with E-state index < -0.39 is 0 Å². The minimum Gasteiger partial charge on any atom is -0.497 e. The molecular weight excluding hydrogens is 461 g/mol. The minimum atomic E-state index is 0. The van der Waals surface area contributed by atoms with Crippen molar-refractivity contribution in [1.29, 1.82) is 0 Å². The summed E-state index contributed by atoms with van der Waals surface area (Å²) >= 11 is 1.69. The molecule has 0 aliphatic rings. The fourth-order valence-corrected chi connectivity index (χ4v) is 2.84. The second-order valence-electron chi connectivity index (χ2n) is 5.48. The van der Waals surface area contributed by atoms with E-state index in [4.69, 9.17) is 9.47 Å². The number of halogens is 1. The molecule has 0 atom stereocenters. The fraction of sp³-hybridized carbons (Fsp3) is 0.421. The Kier molecular flexibility index (Phi) is 12.1. The molecule has 0 bridgehead atoms. The van der Waals surface area contributed by atoms with Crippen LogP contribution in [0.4, 0.5) is 0 Å². The molecule has 1 aromatic carbocycles. The summed E-state index contributed by atoms with van der Waals surface area (Å²) in [6.07, 6.45) is 0.954. The van der Waals surface area contributed by atoms with Crippen LogP contribution in [0.5, 0.6) is 5.75 Å². The van der Waals surface area contributed by atoms with Gasteiger partial charge < -0.3 is 20.1 Å². The van der Waals surface area contributed by atoms with Crippen LogP contribution in [0.25, 0.3) is 0 Å². The first-order valence-electron chi connectivity index (χ1n) is 8.55. The summed E-state index contributed by atoms with van der Waals surface area (Å²) in [5, 5.41) is 11.0. The van der Waals surface area contributed by atoms with Gasteiger partial charge in [-0.15, -0.1) is 24.0 Å². The largest absolute Gasteiger partial charge is 0.497 e. The van der Waals surface area contributed by atoms with Gasteiger partial charge in [0.25, 0.3) is 0 Å². The second kappa shape index (κ2) is 13.8. The van der Waals surface area contributed by atoms with Crippen LogP contribution in [0.2, 0.25) is 0 Å². The van der Waals surface area contributed by atoms with Crippen LogP contribution in [0.3, 0.4) is 0 Å². The molecule has 26 heavy (non-hydrogen) atoms. The molecular formula is C19H28IN3O2S. The van der Waals surface area contributed by atoms with Gasteiger partial charge in [0, 0.05) is 26.3 Å². The summed E-state index contributed by atoms with van der Waals surface area (Å²) in [6.45, 7) is 5.75. The molecule has 1 aromatic heterocycles. The van der Waals surface area contributed by atoms with Gasteiger partial charge in [-0.2, -0.15) is 11.3 Å². The van der Waals surface area contributed by atoms with Crippen LogP contribution >= 0.6 is 35.3 Å². The van der Waals surface area contributed by atoms with Crippen molar-refractivity contribution < 1.29 is 9.47 Å². The molecule has 144 valence electrons. The Labute approximate surface area is 177 Å². The molecule has 2 N–H and O–H groups in total. The number of hydrogen-bond donors (Lipinski definition) is 2. The van der Waals surface area contributed by atoms with E-state index in [0.29, 0.717) is 13.1 Å². The molecule has 7 heteroatoms. The van der Waals surface area contributed by atoms with Gasteiger partial charge >= 0.3 is 0 Å². The highest BCUT2D eigenvalue weighted by atomic mass is 127. The zero-order valence-electron chi connectivity index (χ0n) is 15.4. The van der Waals surface area contributed by atoms with Crippen molar-refractivity contribution in [3.8, 4) is 5.75 Å². The summed E-state index contributed by atoms with van der Waals surface area (Å²) in [5.74, 6) is 1.68. The Hall–Kier alpha value is -1.32. The molecule has 0 spiro atoms. The van der Waals surface area contributed by atoms with Crippen LogP contribution in [0.15, 0.2) is 46.1 Å². The normalized spacial score (nSPS) is 10.9. The average Bonchev–Trinajstić information content (AvgIpc) is 3.17. The Bertz CT molecular complexity index is 618. The molecule has 2 aromatic rings. The molecule has 0 amide bonds. The first-order valence-corrected chi connectivity index (χ1v) is 9.50. The van der Waals surface area contributed by atoms with Crippen molar-refractivity contribution in [1.82, 2.24) is 10.6 Å². The highest BCUT2D eigenvalue weighted by Gasteiger charge is 2.01. The van der Waals surface area contributed by atoms with E-state index in [1.165, 1.54) is 11.1 Å². The topological polar surface area (TPSA) is 54.9 Å². The lowest BCUT2D eigenvalue weighted by Crippen LogP contribution is -2.37. The summed E-state index contributed by atoms with van der Waals surface area (Å²) in [7, 11) is 1.68. The van der Waals surface area contributed by atoms with E-state index in [0.717, 1.165) is 37.9 Å². The van der Waals surface area contributed by atoms with Crippen molar-refractivity contribution in [3.63, 3.8) is 0 Å². The van der Waals surface area contributed by atoms with E-state index >= 15 is 0 Å². The fourth-order valence-electron chi connectivity index (χ4n) is 2.18. The average molecular weight is 489 g/mol. The number of nitrogens with one attached hydrogen (secondary N) is 2. The summed E-state index contributed by atoms with van der Waals surface area (Å²) in [5.41, 5.74) is 2.41. The van der Waals surface area contributed by atoms with E-state index in [1.54, 1.807) is 18.4 Å². The Morgan fingerprint density at radius 2 is 1.92 bits per heavy atom. The number of rotatable bonds is 10. The van der Waals surface area contributed by atoms with Crippen molar-refractivity contribution >= 4 is 41.3 Å². The second-order valence-corrected chi connectivity index (χ2v) is 6.26. The molecule has 0 fully saturated rings. The minimum absolute atomic E-state index is 0. The van der Waals surface area contributed by atoms with Crippen molar-refractivity contribution in [2.24, 2.45) is 4.99 Å². The smallest absolute Gasteiger partial charge is 0.191 e. The number of nitrogens with zero attached hydrogens (tertiary/aromatic N) is 1. The van der Waals surface area contributed by atoms with Crippen molar-refractivity contribution in [2.45, 2.75) is 26.4 Å². The predicted octanol–water partition coefficient (Wildman–Crippen LogP) is 4.04. The molecule has 0 saturated heterocycles. The molecule has 5 nitrogen and oxygen atoms in total. The lowest BCUT2D eigenvalue weighted by atomic mass is 10.2. The number of aliphatic imine (C=N–C) groups is 1. The van der Waals surface area contributed by atoms with Crippen LogP contribution in [-0.4, -0.2) is 32.8 Å². The van der Waals surface area contributed by atoms with Crippen LogP contribution in [0, 0.1) is 0 Å². The molecule has 1 heterocycles. The van der Waals surface area contributed by atoms with Crippen LogP contribution in [-0.2, 0) is 17.8 Å². The number of guanidine groups is 1. The standard InChI is InChI=1S/C19H27N3O2S.HI/c1-3-24-11-4-10-20-19(22-14-17-9-12-25-15-17)21-13-16-5-7-18(23-2)8-6-16;/h5-9,12,15H,3-4,10-11,13-14H2,1-2H3,(H2,20,21,22);1H. The molecule has 0 radical (unpaired) electrons. The zero-order chi connectivity index (χ0) is 17.7. The molecule has 0 aliphatic carbocycles. The van der Waals surface area contributed by atoms with E-state index in [1.807, 2.05) is 19.1 Å². The highest BCUT2D eigenvalue weighted by molar-refractivity contribution is 14.0. The van der Waals surface area contributed by atoms with Gasteiger partial charge in [-0.3, -0.25) is 0 Å². The van der Waals surface area contributed by atoms with E-state index in [9.17, 15) is 0 Å². The first kappa shape index (κ1) is 22.7. The summed E-state index contributed by atoms with van der Waals surface area (Å²) in [4.78, 5) is 4.67. The number of hydrogen-bond acceptors (Lipinski definition) is 4. The van der Waals surface area contributed by atoms with Gasteiger partial charge in [-0.05, 0) is 53.4 Å². The number of thiophene rings is 1. The Morgan fingerprint density at radius 3 is 2.58 bits per heavy atom. The van der Waals surface area contributed by atoms with Crippen LogP contribution < -0.4 is 15.4 Å². The lowest BCUT2D eigenvalue weighted by molar-refractivity contribution is 0.145. The van der Waals surface area contributed by atoms with Crippen LogP contribution in [0.1, 0.15) is 24.5 Å². The molecule has 0 unspecified atom stereocenters. The third-order valence-corrected chi connectivity index (χ3v) is 4.31. The number of ether oxygens (including phenoxy) is 2. The van der Waals surface area contributed by atoms with Gasteiger partial charge in [0.15, 0.2) is 5.96 Å². The zero-order valence-corrected chi connectivity index (χ0v) is 18.5. The third kappa shape index (κ3) is 8.86. The number of methoxy groups -OCH3 is 1. The predicted molar refractivity (Wildman–Crippen MR) is 120 cm³/mol. The Morgan fingerprint density at radius 1 is 1.12 bits per heavy atom. The highest BCUT2D eigenvalue weighted by Crippen LogP contribution is 2.11. The van der Waals surface area contributed by atoms with Gasteiger partial charge in [-0.25, -0.2) is 4.99 Å². The molecule has 0 saturated carbocycles. The van der Waals surface area contributed by atoms with Crippen molar-refractivity contribution in [2.75, 3.05) is 26.9 Å². The Balaban J connectivity index is 0.00000338. The molecule has 2 rings (SSSR count). The van der Waals surface area contributed by atoms with Gasteiger partial charge in [0.05, 0.1) is 13.7 Å². The maximum Gasteiger partial charge on any atom is 0.191 e.